The van der Waals surface area contributed by atoms with Crippen LogP contribution < -0.4 is 10.0 Å². The smallest absolute Gasteiger partial charge is 0.303 e. The topological polar surface area (TPSA) is 130 Å². The second kappa shape index (κ2) is 12.0. The van der Waals surface area contributed by atoms with Crippen LogP contribution in [0.3, 0.4) is 0 Å². The molecule has 1 unspecified atom stereocenters. The molecule has 0 spiro atoms. The summed E-state index contributed by atoms with van der Waals surface area (Å²) < 4.78 is 27.8. The minimum absolute atomic E-state index is 0.0766. The third-order valence-corrected chi connectivity index (χ3v) is 5.92. The van der Waals surface area contributed by atoms with Crippen molar-refractivity contribution in [2.45, 2.75) is 43.5 Å². The number of rotatable bonds is 13. The predicted octanol–water partition coefficient (Wildman–Crippen LogP) is 1.66. The average molecular weight is 447 g/mol. The average Bonchev–Trinajstić information content (AvgIpc) is 2.74. The van der Waals surface area contributed by atoms with Gasteiger partial charge in [-0.3, -0.25) is 9.59 Å². The number of hydrogen-bond acceptors (Lipinski definition) is 5. The number of aliphatic carboxylic acids is 1. The van der Waals surface area contributed by atoms with E-state index in [4.69, 9.17) is 5.11 Å². The molecule has 1 amide bonds. The van der Waals surface area contributed by atoms with Gasteiger partial charge < -0.3 is 15.2 Å². The zero-order chi connectivity index (χ0) is 22.7. The number of nitrogens with one attached hydrogen (secondary N) is 2. The first-order valence-corrected chi connectivity index (χ1v) is 11.5. The number of carboxylic acids is 1. The monoisotopic (exact) mass is 446 g/mol. The Hall–Kier alpha value is -3.04. The summed E-state index contributed by atoms with van der Waals surface area (Å²) in [4.78, 5) is 34.7. The summed E-state index contributed by atoms with van der Waals surface area (Å²) in [6.07, 6.45) is 0.695. The second-order valence-electron chi connectivity index (χ2n) is 7.12. The molecular weight excluding hydrogens is 420 g/mol. The van der Waals surface area contributed by atoms with Crippen LogP contribution in [0.5, 0.6) is 0 Å². The van der Waals surface area contributed by atoms with E-state index in [9.17, 15) is 22.8 Å². The number of carboxylic acid groups (broad SMARTS) is 1. The summed E-state index contributed by atoms with van der Waals surface area (Å²) >= 11 is 0. The standard InChI is InChI=1S/C22H26N2O6S/c25-15-19(12-14-21(26)27)23-22(28)20(13-11-17-7-3-1-4-8-17)24-31(29,30)16-18-9-5-2-6-10-18/h1-10,15,19-20,24H,11-14,16H2,(H,23,28)(H,26,27)/t19?,20-/m1/s1. The van der Waals surface area contributed by atoms with Gasteiger partial charge in [0.25, 0.3) is 0 Å². The van der Waals surface area contributed by atoms with Crippen molar-refractivity contribution in [2.75, 3.05) is 0 Å². The summed E-state index contributed by atoms with van der Waals surface area (Å²) in [7, 11) is -3.84. The molecular formula is C22H26N2O6S. The molecule has 31 heavy (non-hydrogen) atoms. The van der Waals surface area contributed by atoms with Crippen molar-refractivity contribution < 1.29 is 27.9 Å². The van der Waals surface area contributed by atoms with Crippen molar-refractivity contribution in [2.24, 2.45) is 0 Å². The van der Waals surface area contributed by atoms with E-state index < -0.39 is 34.0 Å². The molecule has 3 N–H and O–H groups in total. The molecule has 0 aromatic heterocycles. The van der Waals surface area contributed by atoms with E-state index in [1.807, 2.05) is 30.3 Å². The Labute approximate surface area is 181 Å². The number of hydrogen-bond donors (Lipinski definition) is 3. The van der Waals surface area contributed by atoms with Crippen LogP contribution in [0.25, 0.3) is 0 Å². The molecule has 2 rings (SSSR count). The van der Waals surface area contributed by atoms with Gasteiger partial charge in [0.05, 0.1) is 11.8 Å². The molecule has 2 aromatic rings. The van der Waals surface area contributed by atoms with E-state index in [0.29, 0.717) is 18.3 Å². The molecule has 9 heteroatoms. The Morgan fingerprint density at radius 3 is 2.06 bits per heavy atom. The first-order valence-electron chi connectivity index (χ1n) is 9.84. The lowest BCUT2D eigenvalue weighted by Crippen LogP contribution is -2.50. The number of amides is 1. The fourth-order valence-corrected chi connectivity index (χ4v) is 4.36. The van der Waals surface area contributed by atoms with Crippen molar-refractivity contribution in [1.82, 2.24) is 10.0 Å². The minimum atomic E-state index is -3.84. The van der Waals surface area contributed by atoms with E-state index in [1.165, 1.54) is 0 Å². The summed E-state index contributed by atoms with van der Waals surface area (Å²) in [6.45, 7) is 0. The fourth-order valence-electron chi connectivity index (χ4n) is 2.99. The van der Waals surface area contributed by atoms with Gasteiger partial charge in [-0.15, -0.1) is 0 Å². The minimum Gasteiger partial charge on any atom is -0.481 e. The zero-order valence-electron chi connectivity index (χ0n) is 16.9. The van der Waals surface area contributed by atoms with Crippen molar-refractivity contribution in [3.63, 3.8) is 0 Å². The number of carbonyl (C=O) groups excluding carboxylic acids is 2. The van der Waals surface area contributed by atoms with Gasteiger partial charge in [0, 0.05) is 6.42 Å². The normalized spacial score (nSPS) is 13.2. The summed E-state index contributed by atoms with van der Waals surface area (Å²) in [5.41, 5.74) is 1.50. The lowest BCUT2D eigenvalue weighted by atomic mass is 10.0. The molecule has 0 saturated carbocycles. The highest BCUT2D eigenvalue weighted by Gasteiger charge is 2.26. The van der Waals surface area contributed by atoms with Gasteiger partial charge in [0.1, 0.15) is 12.3 Å². The van der Waals surface area contributed by atoms with Gasteiger partial charge in [-0.05, 0) is 30.4 Å². The molecule has 0 saturated heterocycles. The van der Waals surface area contributed by atoms with Gasteiger partial charge in [-0.1, -0.05) is 60.7 Å². The lowest BCUT2D eigenvalue weighted by molar-refractivity contribution is -0.137. The fraction of sp³-hybridized carbons (Fsp3) is 0.318. The van der Waals surface area contributed by atoms with Crippen LogP contribution in [-0.4, -0.2) is 43.8 Å². The third kappa shape index (κ3) is 9.10. The van der Waals surface area contributed by atoms with Crippen LogP contribution in [0.15, 0.2) is 60.7 Å². The predicted molar refractivity (Wildman–Crippen MR) is 116 cm³/mol. The van der Waals surface area contributed by atoms with E-state index in [1.54, 1.807) is 30.3 Å². The maximum absolute atomic E-state index is 12.8. The molecule has 166 valence electrons. The van der Waals surface area contributed by atoms with Crippen LogP contribution in [0.4, 0.5) is 0 Å². The highest BCUT2D eigenvalue weighted by molar-refractivity contribution is 7.88. The zero-order valence-corrected chi connectivity index (χ0v) is 17.8. The highest BCUT2D eigenvalue weighted by atomic mass is 32.2. The Kier molecular flexibility index (Phi) is 9.36. The van der Waals surface area contributed by atoms with E-state index in [2.05, 4.69) is 10.0 Å². The van der Waals surface area contributed by atoms with Crippen molar-refractivity contribution in [1.29, 1.82) is 0 Å². The third-order valence-electron chi connectivity index (χ3n) is 4.56. The van der Waals surface area contributed by atoms with E-state index in [-0.39, 0.29) is 25.0 Å². The first-order chi connectivity index (χ1) is 14.8. The van der Waals surface area contributed by atoms with E-state index >= 15 is 0 Å². The van der Waals surface area contributed by atoms with E-state index in [0.717, 1.165) is 5.56 Å². The molecule has 2 aromatic carbocycles. The molecule has 0 radical (unpaired) electrons. The van der Waals surface area contributed by atoms with Crippen LogP contribution >= 0.6 is 0 Å². The molecule has 0 fully saturated rings. The summed E-state index contributed by atoms with van der Waals surface area (Å²) in [6, 6.07) is 15.7. The van der Waals surface area contributed by atoms with Gasteiger partial charge in [-0.25, -0.2) is 13.1 Å². The number of benzene rings is 2. The molecule has 0 bridgehead atoms. The molecule has 8 nitrogen and oxygen atoms in total. The Morgan fingerprint density at radius 2 is 1.52 bits per heavy atom. The van der Waals surface area contributed by atoms with Crippen LogP contribution in [-0.2, 0) is 36.6 Å². The quantitative estimate of drug-likeness (QED) is 0.401. The molecule has 0 heterocycles. The maximum Gasteiger partial charge on any atom is 0.303 e. The summed E-state index contributed by atoms with van der Waals surface area (Å²) in [5.74, 6) is -2.06. The van der Waals surface area contributed by atoms with Gasteiger partial charge >= 0.3 is 5.97 Å². The van der Waals surface area contributed by atoms with Crippen LogP contribution in [0, 0.1) is 0 Å². The van der Waals surface area contributed by atoms with Crippen molar-refractivity contribution in [3.8, 4) is 0 Å². The van der Waals surface area contributed by atoms with Crippen LogP contribution in [0.1, 0.15) is 30.4 Å². The Bertz CT molecular complexity index is 964. The SMILES string of the molecule is O=CC(CCC(=O)O)NC(=O)[C@@H](CCc1ccccc1)NS(=O)(=O)Cc1ccccc1. The van der Waals surface area contributed by atoms with Gasteiger partial charge in [0.15, 0.2) is 0 Å². The number of aryl methyl sites for hydroxylation is 1. The van der Waals surface area contributed by atoms with Crippen molar-refractivity contribution in [3.05, 3.63) is 71.8 Å². The second-order valence-corrected chi connectivity index (χ2v) is 8.88. The lowest BCUT2D eigenvalue weighted by Gasteiger charge is -2.21. The Morgan fingerprint density at radius 1 is 0.935 bits per heavy atom. The number of aldehydes is 1. The Balaban J connectivity index is 2.11. The molecule has 0 aliphatic heterocycles. The number of carbonyl (C=O) groups is 3. The molecule has 0 aliphatic rings. The van der Waals surface area contributed by atoms with Gasteiger partial charge in [-0.2, -0.15) is 0 Å². The van der Waals surface area contributed by atoms with Crippen LogP contribution in [0.2, 0.25) is 0 Å². The largest absolute Gasteiger partial charge is 0.481 e. The molecule has 2 atom stereocenters. The van der Waals surface area contributed by atoms with Crippen molar-refractivity contribution >= 4 is 28.2 Å². The number of sulfonamides is 1. The molecule has 0 aliphatic carbocycles. The van der Waals surface area contributed by atoms with Gasteiger partial charge in [0.2, 0.25) is 15.9 Å². The highest BCUT2D eigenvalue weighted by Crippen LogP contribution is 2.10. The summed E-state index contributed by atoms with van der Waals surface area (Å²) in [5, 5.41) is 11.2. The first kappa shape index (κ1) is 24.2. The maximum atomic E-state index is 12.8.